The summed E-state index contributed by atoms with van der Waals surface area (Å²) in [6, 6.07) is 25.5. The standard InChI is InChI=1S/C29H32N2O/c1-20(2)6-7-21-8-10-22(11-9-21)23-12-14-24(15-13-23)27-30-31-28(32-27)25-16-18-26(19-17-25)29(3,4)5/h8-20H,6-7H2,1-5H3. The monoisotopic (exact) mass is 424 g/mol. The summed E-state index contributed by atoms with van der Waals surface area (Å²) < 4.78 is 5.97. The lowest BCUT2D eigenvalue weighted by Gasteiger charge is -2.18. The Balaban J connectivity index is 1.47. The van der Waals surface area contributed by atoms with E-state index in [1.807, 2.05) is 24.3 Å². The molecule has 3 nitrogen and oxygen atoms in total. The Morgan fingerprint density at radius 1 is 0.656 bits per heavy atom. The highest BCUT2D eigenvalue weighted by molar-refractivity contribution is 5.68. The molecule has 0 radical (unpaired) electrons. The predicted molar refractivity (Wildman–Crippen MR) is 132 cm³/mol. The number of rotatable bonds is 6. The van der Waals surface area contributed by atoms with Crippen molar-refractivity contribution in [3.8, 4) is 34.0 Å². The third kappa shape index (κ3) is 5.16. The van der Waals surface area contributed by atoms with Gasteiger partial charge in [0.15, 0.2) is 0 Å². The van der Waals surface area contributed by atoms with Crippen molar-refractivity contribution in [3.63, 3.8) is 0 Å². The van der Waals surface area contributed by atoms with Crippen LogP contribution >= 0.6 is 0 Å². The summed E-state index contributed by atoms with van der Waals surface area (Å²) in [7, 11) is 0. The molecule has 0 saturated carbocycles. The zero-order valence-corrected chi connectivity index (χ0v) is 19.7. The zero-order valence-electron chi connectivity index (χ0n) is 19.7. The quantitative estimate of drug-likeness (QED) is 0.315. The topological polar surface area (TPSA) is 38.9 Å². The smallest absolute Gasteiger partial charge is 0.248 e. The molecule has 0 amide bonds. The summed E-state index contributed by atoms with van der Waals surface area (Å²) in [6.07, 6.45) is 2.36. The predicted octanol–water partition coefficient (Wildman–Crippen LogP) is 7.96. The Labute approximate surface area is 191 Å². The molecule has 0 aliphatic heterocycles. The SMILES string of the molecule is CC(C)CCc1ccc(-c2ccc(-c3nnc(-c4ccc(C(C)(C)C)cc4)o3)cc2)cc1. The van der Waals surface area contributed by atoms with Crippen molar-refractivity contribution < 1.29 is 4.42 Å². The minimum atomic E-state index is 0.120. The summed E-state index contributed by atoms with van der Waals surface area (Å²) in [5.74, 6) is 1.81. The molecule has 0 aliphatic rings. The molecule has 0 bridgehead atoms. The molecule has 164 valence electrons. The van der Waals surface area contributed by atoms with Crippen molar-refractivity contribution in [1.82, 2.24) is 10.2 Å². The maximum absolute atomic E-state index is 5.97. The molecule has 3 heteroatoms. The normalized spacial score (nSPS) is 11.8. The van der Waals surface area contributed by atoms with Gasteiger partial charge < -0.3 is 4.42 Å². The molecule has 0 unspecified atom stereocenters. The van der Waals surface area contributed by atoms with Gasteiger partial charge in [0.2, 0.25) is 11.8 Å². The van der Waals surface area contributed by atoms with E-state index in [9.17, 15) is 0 Å². The fourth-order valence-corrected chi connectivity index (χ4v) is 3.69. The highest BCUT2D eigenvalue weighted by Crippen LogP contribution is 2.29. The zero-order chi connectivity index (χ0) is 22.7. The van der Waals surface area contributed by atoms with Gasteiger partial charge in [0, 0.05) is 11.1 Å². The number of hydrogen-bond donors (Lipinski definition) is 0. The van der Waals surface area contributed by atoms with E-state index in [4.69, 9.17) is 4.42 Å². The van der Waals surface area contributed by atoms with E-state index in [0.29, 0.717) is 11.8 Å². The van der Waals surface area contributed by atoms with Crippen molar-refractivity contribution in [2.24, 2.45) is 5.92 Å². The van der Waals surface area contributed by atoms with Crippen molar-refractivity contribution in [2.75, 3.05) is 0 Å². The average molecular weight is 425 g/mol. The molecule has 0 atom stereocenters. The molecule has 0 fully saturated rings. The van der Waals surface area contributed by atoms with Crippen LogP contribution in [0.5, 0.6) is 0 Å². The van der Waals surface area contributed by atoms with Crippen LogP contribution in [0.4, 0.5) is 0 Å². The number of benzene rings is 3. The molecule has 3 aromatic carbocycles. The van der Waals surface area contributed by atoms with Crippen LogP contribution in [-0.2, 0) is 11.8 Å². The summed E-state index contributed by atoms with van der Waals surface area (Å²) in [6.45, 7) is 11.2. The molecular weight excluding hydrogens is 392 g/mol. The lowest BCUT2D eigenvalue weighted by molar-refractivity contribution is 0.582. The van der Waals surface area contributed by atoms with Crippen LogP contribution < -0.4 is 0 Å². The van der Waals surface area contributed by atoms with Crippen LogP contribution in [0, 0.1) is 5.92 Å². The molecule has 0 aliphatic carbocycles. The maximum Gasteiger partial charge on any atom is 0.248 e. The summed E-state index contributed by atoms with van der Waals surface area (Å²) in [4.78, 5) is 0. The number of aromatic nitrogens is 2. The Morgan fingerprint density at radius 3 is 1.56 bits per heavy atom. The van der Waals surface area contributed by atoms with E-state index < -0.39 is 0 Å². The molecule has 0 spiro atoms. The fraction of sp³-hybridized carbons (Fsp3) is 0.310. The van der Waals surface area contributed by atoms with Gasteiger partial charge in [0.1, 0.15) is 0 Å². The van der Waals surface area contributed by atoms with Crippen molar-refractivity contribution in [2.45, 2.75) is 52.9 Å². The number of aryl methyl sites for hydroxylation is 1. The van der Waals surface area contributed by atoms with Gasteiger partial charge in [0.05, 0.1) is 0 Å². The Morgan fingerprint density at radius 2 is 1.09 bits per heavy atom. The maximum atomic E-state index is 5.97. The number of nitrogens with zero attached hydrogens (tertiary/aromatic N) is 2. The average Bonchev–Trinajstić information content (AvgIpc) is 3.28. The van der Waals surface area contributed by atoms with E-state index in [1.165, 1.54) is 28.7 Å². The van der Waals surface area contributed by atoms with Crippen molar-refractivity contribution >= 4 is 0 Å². The first-order chi connectivity index (χ1) is 15.3. The second-order valence-electron chi connectivity index (χ2n) is 9.95. The van der Waals surface area contributed by atoms with E-state index in [0.717, 1.165) is 23.5 Å². The van der Waals surface area contributed by atoms with Gasteiger partial charge in [-0.25, -0.2) is 0 Å². The van der Waals surface area contributed by atoms with E-state index in [1.54, 1.807) is 0 Å². The third-order valence-electron chi connectivity index (χ3n) is 5.85. The first-order valence-corrected chi connectivity index (χ1v) is 11.4. The first-order valence-electron chi connectivity index (χ1n) is 11.4. The third-order valence-corrected chi connectivity index (χ3v) is 5.85. The molecule has 4 rings (SSSR count). The minimum Gasteiger partial charge on any atom is -0.416 e. The molecule has 4 aromatic rings. The highest BCUT2D eigenvalue weighted by atomic mass is 16.4. The second kappa shape index (κ2) is 9.12. The van der Waals surface area contributed by atoms with E-state index in [2.05, 4.69) is 93.3 Å². The minimum absolute atomic E-state index is 0.120. The van der Waals surface area contributed by atoms with E-state index in [-0.39, 0.29) is 5.41 Å². The molecular formula is C29H32N2O. The van der Waals surface area contributed by atoms with Gasteiger partial charge in [-0.1, -0.05) is 83.1 Å². The van der Waals surface area contributed by atoms with Crippen LogP contribution in [0.1, 0.15) is 52.2 Å². The van der Waals surface area contributed by atoms with Gasteiger partial charge in [-0.05, 0) is 70.7 Å². The molecule has 1 aromatic heterocycles. The second-order valence-corrected chi connectivity index (χ2v) is 9.95. The Bertz CT molecular complexity index is 1150. The summed E-state index contributed by atoms with van der Waals surface area (Å²) in [5.41, 5.74) is 7.06. The first kappa shape index (κ1) is 22.0. The van der Waals surface area contributed by atoms with Gasteiger partial charge in [0.25, 0.3) is 0 Å². The van der Waals surface area contributed by atoms with Crippen molar-refractivity contribution in [3.05, 3.63) is 83.9 Å². The van der Waals surface area contributed by atoms with Crippen LogP contribution in [0.25, 0.3) is 34.0 Å². The Hall–Kier alpha value is -3.20. The summed E-state index contributed by atoms with van der Waals surface area (Å²) >= 11 is 0. The molecule has 1 heterocycles. The lowest BCUT2D eigenvalue weighted by atomic mass is 9.87. The highest BCUT2D eigenvalue weighted by Gasteiger charge is 2.15. The largest absolute Gasteiger partial charge is 0.416 e. The number of hydrogen-bond acceptors (Lipinski definition) is 3. The van der Waals surface area contributed by atoms with Gasteiger partial charge in [-0.15, -0.1) is 10.2 Å². The van der Waals surface area contributed by atoms with Crippen LogP contribution in [0.15, 0.2) is 77.2 Å². The van der Waals surface area contributed by atoms with Gasteiger partial charge in [-0.3, -0.25) is 0 Å². The van der Waals surface area contributed by atoms with Crippen LogP contribution in [0.2, 0.25) is 0 Å². The van der Waals surface area contributed by atoms with Crippen molar-refractivity contribution in [1.29, 1.82) is 0 Å². The van der Waals surface area contributed by atoms with Crippen LogP contribution in [-0.4, -0.2) is 10.2 Å². The van der Waals surface area contributed by atoms with Crippen LogP contribution in [0.3, 0.4) is 0 Å². The van der Waals surface area contributed by atoms with Gasteiger partial charge >= 0.3 is 0 Å². The molecule has 32 heavy (non-hydrogen) atoms. The molecule has 0 saturated heterocycles. The molecule has 0 N–H and O–H groups in total. The lowest BCUT2D eigenvalue weighted by Crippen LogP contribution is -2.10. The van der Waals surface area contributed by atoms with Gasteiger partial charge in [-0.2, -0.15) is 0 Å². The summed E-state index contributed by atoms with van der Waals surface area (Å²) in [5, 5.41) is 8.52. The van der Waals surface area contributed by atoms with E-state index >= 15 is 0 Å². The fourth-order valence-electron chi connectivity index (χ4n) is 3.69. The Kier molecular flexibility index (Phi) is 6.27.